The standard InChI is InChI=1S/C24H16OS2/c1-5-16-7-9-26-23(16)20-12-19-14-22(25-4)21(13-18(19)11-15(20)3)24-17(6-2)8-10-27-24/h1-2,7-14H,3-4H3. The lowest BCUT2D eigenvalue weighted by Crippen LogP contribution is -1.90. The Hall–Kier alpha value is -2.98. The summed E-state index contributed by atoms with van der Waals surface area (Å²) in [6.07, 6.45) is 11.3. The Morgan fingerprint density at radius 2 is 1.37 bits per heavy atom. The molecule has 27 heavy (non-hydrogen) atoms. The van der Waals surface area contributed by atoms with E-state index >= 15 is 0 Å². The number of terminal acetylenes is 2. The van der Waals surface area contributed by atoms with Crippen LogP contribution in [0.1, 0.15) is 16.7 Å². The summed E-state index contributed by atoms with van der Waals surface area (Å²) in [6.45, 7) is 2.12. The van der Waals surface area contributed by atoms with E-state index in [4.69, 9.17) is 17.6 Å². The van der Waals surface area contributed by atoms with Gasteiger partial charge in [-0.1, -0.05) is 17.9 Å². The Labute approximate surface area is 167 Å². The minimum atomic E-state index is 0.819. The summed E-state index contributed by atoms with van der Waals surface area (Å²) in [7, 11) is 1.69. The van der Waals surface area contributed by atoms with Gasteiger partial charge >= 0.3 is 0 Å². The normalized spacial score (nSPS) is 10.5. The number of methoxy groups -OCH3 is 1. The van der Waals surface area contributed by atoms with Gasteiger partial charge in [-0.3, -0.25) is 0 Å². The van der Waals surface area contributed by atoms with Crippen LogP contribution in [0.2, 0.25) is 0 Å². The first kappa shape index (κ1) is 17.4. The monoisotopic (exact) mass is 384 g/mol. The zero-order valence-electron chi connectivity index (χ0n) is 15.0. The number of hydrogen-bond donors (Lipinski definition) is 0. The summed E-state index contributed by atoms with van der Waals surface area (Å²) in [5.74, 6) is 6.36. The van der Waals surface area contributed by atoms with Crippen molar-refractivity contribution in [2.45, 2.75) is 6.92 Å². The van der Waals surface area contributed by atoms with Gasteiger partial charge in [-0.25, -0.2) is 0 Å². The lowest BCUT2D eigenvalue weighted by molar-refractivity contribution is 0.417. The molecule has 4 rings (SSSR count). The lowest BCUT2D eigenvalue weighted by Gasteiger charge is -2.13. The Bertz CT molecular complexity index is 1240. The van der Waals surface area contributed by atoms with Gasteiger partial charge in [0.25, 0.3) is 0 Å². The molecule has 0 unspecified atom stereocenters. The molecule has 0 aliphatic rings. The highest BCUT2D eigenvalue weighted by Crippen LogP contribution is 2.41. The van der Waals surface area contributed by atoms with E-state index < -0.39 is 0 Å². The van der Waals surface area contributed by atoms with E-state index in [1.54, 1.807) is 29.8 Å². The van der Waals surface area contributed by atoms with Gasteiger partial charge in [-0.2, -0.15) is 0 Å². The van der Waals surface area contributed by atoms with Gasteiger partial charge in [-0.05, 0) is 69.9 Å². The molecular formula is C24H16OS2. The Kier molecular flexibility index (Phi) is 4.50. The maximum atomic E-state index is 5.69. The second kappa shape index (κ2) is 6.97. The number of rotatable bonds is 3. The van der Waals surface area contributed by atoms with Crippen LogP contribution in [0.5, 0.6) is 5.75 Å². The average Bonchev–Trinajstić information content (AvgIpc) is 3.35. The molecule has 3 heteroatoms. The molecule has 2 aromatic heterocycles. The molecule has 4 aromatic rings. The van der Waals surface area contributed by atoms with Crippen LogP contribution in [0.3, 0.4) is 0 Å². The first-order chi connectivity index (χ1) is 13.2. The second-order valence-electron chi connectivity index (χ2n) is 6.18. The van der Waals surface area contributed by atoms with Gasteiger partial charge in [0.05, 0.1) is 16.9 Å². The average molecular weight is 385 g/mol. The quantitative estimate of drug-likeness (QED) is 0.363. The van der Waals surface area contributed by atoms with Gasteiger partial charge in [0.2, 0.25) is 0 Å². The Morgan fingerprint density at radius 1 is 0.815 bits per heavy atom. The van der Waals surface area contributed by atoms with Crippen LogP contribution >= 0.6 is 22.7 Å². The fourth-order valence-corrected chi connectivity index (χ4v) is 5.12. The summed E-state index contributed by atoms with van der Waals surface area (Å²) in [6, 6.07) is 12.6. The van der Waals surface area contributed by atoms with Crippen molar-refractivity contribution in [2.75, 3.05) is 7.11 Å². The number of benzene rings is 2. The number of thiophene rings is 2. The predicted octanol–water partition coefficient (Wildman–Crippen LogP) is 6.58. The van der Waals surface area contributed by atoms with Crippen LogP contribution in [-0.2, 0) is 0 Å². The summed E-state index contributed by atoms with van der Waals surface area (Å²) >= 11 is 3.30. The summed E-state index contributed by atoms with van der Waals surface area (Å²) < 4.78 is 5.69. The molecule has 0 saturated heterocycles. The van der Waals surface area contributed by atoms with Crippen LogP contribution in [0.15, 0.2) is 47.2 Å². The van der Waals surface area contributed by atoms with Crippen molar-refractivity contribution in [3.8, 4) is 51.3 Å². The molecule has 2 heterocycles. The summed E-state index contributed by atoms with van der Waals surface area (Å²) in [5, 5.41) is 6.32. The maximum absolute atomic E-state index is 5.69. The number of hydrogen-bond acceptors (Lipinski definition) is 3. The molecule has 0 aliphatic carbocycles. The predicted molar refractivity (Wildman–Crippen MR) is 118 cm³/mol. The van der Waals surface area contributed by atoms with Crippen molar-refractivity contribution in [1.82, 2.24) is 0 Å². The van der Waals surface area contributed by atoms with Crippen LogP contribution in [-0.4, -0.2) is 7.11 Å². The molecule has 0 bridgehead atoms. The molecule has 0 atom stereocenters. The first-order valence-corrected chi connectivity index (χ1v) is 10.1. The Balaban J connectivity index is 1.96. The third-order valence-electron chi connectivity index (χ3n) is 4.63. The molecular weight excluding hydrogens is 368 g/mol. The molecule has 1 nitrogen and oxygen atoms in total. The van der Waals surface area contributed by atoms with E-state index in [0.29, 0.717) is 0 Å². The molecule has 130 valence electrons. The minimum absolute atomic E-state index is 0.819. The third-order valence-corrected chi connectivity index (χ3v) is 6.53. The topological polar surface area (TPSA) is 9.23 Å². The van der Waals surface area contributed by atoms with E-state index in [-0.39, 0.29) is 0 Å². The van der Waals surface area contributed by atoms with Gasteiger partial charge < -0.3 is 4.74 Å². The van der Waals surface area contributed by atoms with Crippen molar-refractivity contribution in [1.29, 1.82) is 0 Å². The fraction of sp³-hybridized carbons (Fsp3) is 0.0833. The van der Waals surface area contributed by atoms with Crippen molar-refractivity contribution in [2.24, 2.45) is 0 Å². The highest BCUT2D eigenvalue weighted by Gasteiger charge is 2.15. The van der Waals surface area contributed by atoms with E-state index in [2.05, 4.69) is 43.0 Å². The van der Waals surface area contributed by atoms with Crippen LogP contribution in [0.4, 0.5) is 0 Å². The molecule has 0 N–H and O–H groups in total. The molecule has 0 saturated carbocycles. The van der Waals surface area contributed by atoms with Crippen molar-refractivity contribution in [3.05, 3.63) is 63.8 Å². The van der Waals surface area contributed by atoms with E-state index in [9.17, 15) is 0 Å². The largest absolute Gasteiger partial charge is 0.496 e. The van der Waals surface area contributed by atoms with Crippen molar-refractivity contribution >= 4 is 33.4 Å². The molecule has 0 radical (unpaired) electrons. The van der Waals surface area contributed by atoms with Crippen LogP contribution in [0, 0.1) is 31.6 Å². The van der Waals surface area contributed by atoms with Crippen LogP contribution < -0.4 is 4.74 Å². The molecule has 2 aromatic carbocycles. The highest BCUT2D eigenvalue weighted by molar-refractivity contribution is 7.14. The zero-order valence-corrected chi connectivity index (χ0v) is 16.6. The highest BCUT2D eigenvalue weighted by atomic mass is 32.1. The number of aryl methyl sites for hydroxylation is 1. The lowest BCUT2D eigenvalue weighted by atomic mass is 9.96. The fourth-order valence-electron chi connectivity index (χ4n) is 3.30. The van der Waals surface area contributed by atoms with Crippen molar-refractivity contribution < 1.29 is 4.74 Å². The molecule has 0 spiro atoms. The third kappa shape index (κ3) is 2.92. The first-order valence-electron chi connectivity index (χ1n) is 8.37. The SMILES string of the molecule is C#Cc1ccsc1-c1cc2cc(OC)c(-c3sccc3C#C)cc2cc1C. The minimum Gasteiger partial charge on any atom is -0.496 e. The zero-order chi connectivity index (χ0) is 19.0. The maximum Gasteiger partial charge on any atom is 0.128 e. The second-order valence-corrected chi connectivity index (χ2v) is 8.01. The van der Waals surface area contributed by atoms with E-state index in [1.807, 2.05) is 22.9 Å². The van der Waals surface area contributed by atoms with Crippen LogP contribution in [0.25, 0.3) is 31.7 Å². The molecule has 0 aliphatic heterocycles. The van der Waals surface area contributed by atoms with Gasteiger partial charge in [-0.15, -0.1) is 35.5 Å². The summed E-state index contributed by atoms with van der Waals surface area (Å²) in [4.78, 5) is 2.19. The van der Waals surface area contributed by atoms with E-state index in [0.717, 1.165) is 43.0 Å². The Morgan fingerprint density at radius 3 is 1.96 bits per heavy atom. The van der Waals surface area contributed by atoms with Gasteiger partial charge in [0.15, 0.2) is 0 Å². The number of ether oxygens (including phenoxy) is 1. The number of fused-ring (bicyclic) bond motifs is 1. The van der Waals surface area contributed by atoms with Gasteiger partial charge in [0.1, 0.15) is 5.75 Å². The van der Waals surface area contributed by atoms with E-state index in [1.165, 1.54) is 11.1 Å². The van der Waals surface area contributed by atoms with Crippen molar-refractivity contribution in [3.63, 3.8) is 0 Å². The summed E-state index contributed by atoms with van der Waals surface area (Å²) in [5.41, 5.74) is 5.22. The van der Waals surface area contributed by atoms with Gasteiger partial charge in [0, 0.05) is 16.7 Å². The smallest absolute Gasteiger partial charge is 0.128 e. The molecule has 0 amide bonds. The molecule has 0 fully saturated rings.